The van der Waals surface area contributed by atoms with Gasteiger partial charge in [0, 0.05) is 43.4 Å². The Bertz CT molecular complexity index is 564. The number of piperidine rings is 1. The SMILES string of the molecule is CC(C)N1CCC(C(=O)N2CCNC(=O)[C@H]2Cc2cnc[nH]2)CC1. The number of nitrogens with zero attached hydrogens (tertiary/aromatic N) is 3. The zero-order valence-corrected chi connectivity index (χ0v) is 14.5. The van der Waals surface area contributed by atoms with E-state index in [1.807, 2.05) is 0 Å². The normalized spacial score (nSPS) is 23.5. The summed E-state index contributed by atoms with van der Waals surface area (Å²) in [6.07, 6.45) is 5.57. The van der Waals surface area contributed by atoms with Crippen LogP contribution in [0.1, 0.15) is 32.4 Å². The first-order valence-electron chi connectivity index (χ1n) is 8.85. The van der Waals surface area contributed by atoms with Crippen LogP contribution in [0.25, 0.3) is 0 Å². The zero-order chi connectivity index (χ0) is 17.1. The van der Waals surface area contributed by atoms with Gasteiger partial charge < -0.3 is 20.1 Å². The van der Waals surface area contributed by atoms with Crippen LogP contribution < -0.4 is 5.32 Å². The molecule has 1 atom stereocenters. The fourth-order valence-corrected chi connectivity index (χ4v) is 3.68. The number of amides is 2. The second kappa shape index (κ2) is 7.34. The molecule has 2 N–H and O–H groups in total. The Labute approximate surface area is 142 Å². The summed E-state index contributed by atoms with van der Waals surface area (Å²) in [6, 6.07) is 0.0878. The topological polar surface area (TPSA) is 81.3 Å². The molecule has 2 amide bonds. The molecule has 2 aliphatic rings. The van der Waals surface area contributed by atoms with Gasteiger partial charge in [-0.25, -0.2) is 4.98 Å². The van der Waals surface area contributed by atoms with Crippen molar-refractivity contribution in [3.63, 3.8) is 0 Å². The lowest BCUT2D eigenvalue weighted by Gasteiger charge is -2.40. The number of nitrogens with one attached hydrogen (secondary N) is 2. The molecule has 7 nitrogen and oxygen atoms in total. The van der Waals surface area contributed by atoms with Crippen molar-refractivity contribution in [3.05, 3.63) is 18.2 Å². The molecular weight excluding hydrogens is 306 g/mol. The van der Waals surface area contributed by atoms with Crippen LogP contribution in [0, 0.1) is 5.92 Å². The van der Waals surface area contributed by atoms with E-state index in [9.17, 15) is 9.59 Å². The maximum atomic E-state index is 13.0. The third-order valence-corrected chi connectivity index (χ3v) is 5.19. The van der Waals surface area contributed by atoms with E-state index in [1.165, 1.54) is 0 Å². The average Bonchev–Trinajstić information content (AvgIpc) is 3.09. The van der Waals surface area contributed by atoms with Gasteiger partial charge in [-0.05, 0) is 39.8 Å². The highest BCUT2D eigenvalue weighted by molar-refractivity contribution is 5.89. The Kier molecular flexibility index (Phi) is 5.18. The molecule has 2 aliphatic heterocycles. The van der Waals surface area contributed by atoms with E-state index < -0.39 is 6.04 Å². The number of hydrogen-bond acceptors (Lipinski definition) is 4. The molecule has 0 radical (unpaired) electrons. The average molecular weight is 333 g/mol. The molecule has 3 heterocycles. The molecule has 0 aliphatic carbocycles. The van der Waals surface area contributed by atoms with Gasteiger partial charge in [-0.2, -0.15) is 0 Å². The van der Waals surface area contributed by atoms with Crippen LogP contribution in [0.4, 0.5) is 0 Å². The number of piperazine rings is 1. The number of aromatic nitrogens is 2. The van der Waals surface area contributed by atoms with Crippen molar-refractivity contribution in [2.24, 2.45) is 5.92 Å². The van der Waals surface area contributed by atoms with Crippen LogP contribution in [0.3, 0.4) is 0 Å². The smallest absolute Gasteiger partial charge is 0.243 e. The Morgan fingerprint density at radius 1 is 1.33 bits per heavy atom. The maximum Gasteiger partial charge on any atom is 0.243 e. The second-order valence-corrected chi connectivity index (χ2v) is 7.02. The lowest BCUT2D eigenvalue weighted by molar-refractivity contribution is -0.147. The molecule has 7 heteroatoms. The molecule has 1 aromatic heterocycles. The lowest BCUT2D eigenvalue weighted by atomic mass is 9.93. The highest BCUT2D eigenvalue weighted by atomic mass is 16.2. The number of hydrogen-bond donors (Lipinski definition) is 2. The van der Waals surface area contributed by atoms with E-state index in [0.717, 1.165) is 31.6 Å². The molecule has 0 spiro atoms. The van der Waals surface area contributed by atoms with Gasteiger partial charge in [0.15, 0.2) is 0 Å². The summed E-state index contributed by atoms with van der Waals surface area (Å²) in [5.74, 6) is 0.108. The third kappa shape index (κ3) is 3.61. The minimum Gasteiger partial charge on any atom is -0.353 e. The molecule has 0 saturated carbocycles. The van der Waals surface area contributed by atoms with Gasteiger partial charge in [0.05, 0.1) is 6.33 Å². The van der Waals surface area contributed by atoms with E-state index in [1.54, 1.807) is 17.4 Å². The van der Waals surface area contributed by atoms with E-state index in [2.05, 4.69) is 34.0 Å². The van der Waals surface area contributed by atoms with E-state index >= 15 is 0 Å². The minimum atomic E-state index is -0.435. The highest BCUT2D eigenvalue weighted by Gasteiger charge is 2.37. The van der Waals surface area contributed by atoms with Gasteiger partial charge in [-0.15, -0.1) is 0 Å². The van der Waals surface area contributed by atoms with Gasteiger partial charge in [0.2, 0.25) is 11.8 Å². The summed E-state index contributed by atoms with van der Waals surface area (Å²) in [6.45, 7) is 7.43. The summed E-state index contributed by atoms with van der Waals surface area (Å²) < 4.78 is 0. The van der Waals surface area contributed by atoms with Gasteiger partial charge >= 0.3 is 0 Å². The van der Waals surface area contributed by atoms with E-state index in [0.29, 0.717) is 25.6 Å². The number of rotatable bonds is 4. The predicted octanol–water partition coefficient (Wildman–Crippen LogP) is 0.400. The molecular formula is C17H27N5O2. The van der Waals surface area contributed by atoms with Crippen LogP contribution >= 0.6 is 0 Å². The number of imidazole rings is 1. The van der Waals surface area contributed by atoms with Gasteiger partial charge in [-0.1, -0.05) is 0 Å². The number of aromatic amines is 1. The highest BCUT2D eigenvalue weighted by Crippen LogP contribution is 2.23. The lowest BCUT2D eigenvalue weighted by Crippen LogP contribution is -2.59. The monoisotopic (exact) mass is 333 g/mol. The van der Waals surface area contributed by atoms with Crippen molar-refractivity contribution in [3.8, 4) is 0 Å². The van der Waals surface area contributed by atoms with Gasteiger partial charge in [-0.3, -0.25) is 9.59 Å². The predicted molar refractivity (Wildman–Crippen MR) is 90.2 cm³/mol. The van der Waals surface area contributed by atoms with E-state index in [4.69, 9.17) is 0 Å². The quantitative estimate of drug-likeness (QED) is 0.836. The molecule has 0 aromatic carbocycles. The molecule has 2 saturated heterocycles. The van der Waals surface area contributed by atoms with Crippen LogP contribution in [0.2, 0.25) is 0 Å². The summed E-state index contributed by atoms with van der Waals surface area (Å²) in [4.78, 5) is 36.6. The summed E-state index contributed by atoms with van der Waals surface area (Å²) in [5.41, 5.74) is 0.879. The molecule has 2 fully saturated rings. The number of likely N-dealkylation sites (tertiary alicyclic amines) is 1. The fraction of sp³-hybridized carbons (Fsp3) is 0.706. The molecule has 3 rings (SSSR count). The maximum absolute atomic E-state index is 13.0. The Morgan fingerprint density at radius 3 is 2.71 bits per heavy atom. The van der Waals surface area contributed by atoms with Crippen LogP contribution in [-0.4, -0.2) is 69.8 Å². The summed E-state index contributed by atoms with van der Waals surface area (Å²) in [5, 5.41) is 2.88. The van der Waals surface area contributed by atoms with Crippen molar-refractivity contribution in [1.29, 1.82) is 0 Å². The van der Waals surface area contributed by atoms with Crippen molar-refractivity contribution in [1.82, 2.24) is 25.1 Å². The van der Waals surface area contributed by atoms with Gasteiger partial charge in [0.1, 0.15) is 6.04 Å². The standard InChI is InChI=1S/C17H27N5O2/c1-12(2)21-6-3-13(4-7-21)17(24)22-8-5-19-16(23)15(22)9-14-10-18-11-20-14/h10-13,15H,3-9H2,1-2H3,(H,18,20)(H,19,23)/t15-/m1/s1. The first kappa shape index (κ1) is 17.0. The Hall–Kier alpha value is -1.89. The van der Waals surface area contributed by atoms with Crippen molar-refractivity contribution >= 4 is 11.8 Å². The minimum absolute atomic E-state index is 0.0372. The number of carbonyl (C=O) groups excluding carboxylic acids is 2. The Morgan fingerprint density at radius 2 is 2.08 bits per heavy atom. The van der Waals surface area contributed by atoms with Crippen LogP contribution in [0.15, 0.2) is 12.5 Å². The number of H-pyrrole nitrogens is 1. The molecule has 0 bridgehead atoms. The van der Waals surface area contributed by atoms with Crippen LogP contribution in [-0.2, 0) is 16.0 Å². The molecule has 1 aromatic rings. The van der Waals surface area contributed by atoms with Crippen molar-refractivity contribution < 1.29 is 9.59 Å². The van der Waals surface area contributed by atoms with E-state index in [-0.39, 0.29) is 17.7 Å². The van der Waals surface area contributed by atoms with Gasteiger partial charge in [0.25, 0.3) is 0 Å². The third-order valence-electron chi connectivity index (χ3n) is 5.19. The summed E-state index contributed by atoms with van der Waals surface area (Å²) in [7, 11) is 0. The Balaban J connectivity index is 1.66. The molecule has 132 valence electrons. The molecule has 24 heavy (non-hydrogen) atoms. The fourth-order valence-electron chi connectivity index (χ4n) is 3.68. The number of carbonyl (C=O) groups is 2. The largest absolute Gasteiger partial charge is 0.353 e. The first-order chi connectivity index (χ1) is 11.6. The van der Waals surface area contributed by atoms with Crippen LogP contribution in [0.5, 0.6) is 0 Å². The first-order valence-corrected chi connectivity index (χ1v) is 8.85. The summed E-state index contributed by atoms with van der Waals surface area (Å²) >= 11 is 0. The second-order valence-electron chi connectivity index (χ2n) is 7.02. The molecule has 0 unspecified atom stereocenters. The van der Waals surface area contributed by atoms with Crippen molar-refractivity contribution in [2.75, 3.05) is 26.2 Å². The van der Waals surface area contributed by atoms with Crippen molar-refractivity contribution in [2.45, 2.75) is 45.2 Å². The zero-order valence-electron chi connectivity index (χ0n) is 14.5.